The number of ether oxygens (including phenoxy) is 1. The number of primary amides is 1. The summed E-state index contributed by atoms with van der Waals surface area (Å²) in [5.41, 5.74) is 5.21. The van der Waals surface area contributed by atoms with Gasteiger partial charge in [-0.05, 0) is 0 Å². The first-order chi connectivity index (χ1) is 5.61. The highest BCUT2D eigenvalue weighted by molar-refractivity contribution is 5.64. The summed E-state index contributed by atoms with van der Waals surface area (Å²) < 4.78 is 4.81. The summed E-state index contributed by atoms with van der Waals surface area (Å²) in [5, 5.41) is 0. The lowest BCUT2D eigenvalue weighted by molar-refractivity contribution is -0.874. The first kappa shape index (κ1) is 9.44. The number of amides is 2. The Morgan fingerprint density at radius 1 is 1.75 bits per heavy atom. The molecule has 12 heavy (non-hydrogen) atoms. The molecule has 1 saturated heterocycles. The molecule has 0 bridgehead atoms. The molecule has 5 nitrogen and oxygen atoms in total. The van der Waals surface area contributed by atoms with Gasteiger partial charge in [0.2, 0.25) is 0 Å². The van der Waals surface area contributed by atoms with E-state index in [0.717, 1.165) is 12.8 Å². The summed E-state index contributed by atoms with van der Waals surface area (Å²) in [6.07, 6.45) is 1.85. The molecule has 1 aliphatic heterocycles. The molecular weight excluding hydrogens is 158 g/mol. The molecule has 70 valence electrons. The van der Waals surface area contributed by atoms with E-state index in [1.54, 1.807) is 7.11 Å². The van der Waals surface area contributed by atoms with Crippen LogP contribution in [0, 0.1) is 0 Å². The summed E-state index contributed by atoms with van der Waals surface area (Å²) in [5.74, 6) is 5.82. The minimum Gasteiger partial charge on any atom is -0.378 e. The van der Waals surface area contributed by atoms with Crippen molar-refractivity contribution >= 4 is 6.03 Å². The van der Waals surface area contributed by atoms with Crippen LogP contribution in [0.1, 0.15) is 12.8 Å². The maximum absolute atomic E-state index is 11.0. The van der Waals surface area contributed by atoms with Crippen LogP contribution in [0.5, 0.6) is 0 Å². The fourth-order valence-corrected chi connectivity index (χ4v) is 1.70. The third-order valence-electron chi connectivity index (χ3n) is 2.49. The third-order valence-corrected chi connectivity index (χ3v) is 2.49. The molecule has 0 spiro atoms. The lowest BCUT2D eigenvalue weighted by atomic mass is 10.2. The molecule has 5 heteroatoms. The van der Waals surface area contributed by atoms with Crippen LogP contribution in [0.3, 0.4) is 0 Å². The van der Waals surface area contributed by atoms with Gasteiger partial charge in [0.1, 0.15) is 19.2 Å². The summed E-state index contributed by atoms with van der Waals surface area (Å²) in [6, 6.07) is -0.429. The van der Waals surface area contributed by atoms with Crippen LogP contribution < -0.4 is 11.6 Å². The molecule has 0 radical (unpaired) electrons. The Balaban J connectivity index is 2.67. The third kappa shape index (κ3) is 1.43. The van der Waals surface area contributed by atoms with E-state index in [1.165, 1.54) is 0 Å². The SMILES string of the molecule is COC[C@H]1CCC[N+]1(N)C(N)=O. The molecule has 0 aliphatic carbocycles. The number of nitrogens with zero attached hydrogens (tertiary/aromatic N) is 1. The second-order valence-electron chi connectivity index (χ2n) is 3.24. The fraction of sp³-hybridized carbons (Fsp3) is 0.857. The van der Waals surface area contributed by atoms with Crippen molar-refractivity contribution < 1.29 is 14.1 Å². The van der Waals surface area contributed by atoms with Crippen molar-refractivity contribution in [3.8, 4) is 0 Å². The van der Waals surface area contributed by atoms with E-state index < -0.39 is 6.03 Å². The minimum atomic E-state index is -0.463. The Kier molecular flexibility index (Phi) is 2.66. The molecule has 2 atom stereocenters. The monoisotopic (exact) mass is 174 g/mol. The summed E-state index contributed by atoms with van der Waals surface area (Å²) in [4.78, 5) is 11.0. The molecule has 1 aliphatic rings. The molecule has 1 heterocycles. The van der Waals surface area contributed by atoms with Crippen LogP contribution in [-0.2, 0) is 4.74 Å². The van der Waals surface area contributed by atoms with Gasteiger partial charge in [-0.15, -0.1) is 0 Å². The Bertz CT molecular complexity index is 185. The molecule has 1 rings (SSSR count). The second kappa shape index (κ2) is 3.38. The number of likely N-dealkylation sites (tertiary alicyclic amines) is 1. The second-order valence-corrected chi connectivity index (χ2v) is 3.24. The number of quaternary nitrogens is 1. The fourth-order valence-electron chi connectivity index (χ4n) is 1.70. The number of rotatable bonds is 2. The van der Waals surface area contributed by atoms with E-state index in [2.05, 4.69) is 0 Å². The molecule has 4 N–H and O–H groups in total. The molecule has 0 saturated carbocycles. The molecule has 0 aromatic rings. The van der Waals surface area contributed by atoms with Crippen molar-refractivity contribution in [1.29, 1.82) is 0 Å². The van der Waals surface area contributed by atoms with Gasteiger partial charge in [-0.2, -0.15) is 10.4 Å². The molecule has 2 amide bonds. The lowest BCUT2D eigenvalue weighted by Gasteiger charge is -2.28. The zero-order chi connectivity index (χ0) is 9.19. The average molecular weight is 174 g/mol. The molecule has 0 aromatic heterocycles. The zero-order valence-electron chi connectivity index (χ0n) is 7.32. The smallest absolute Gasteiger partial charge is 0.378 e. The van der Waals surface area contributed by atoms with Gasteiger partial charge >= 0.3 is 6.03 Å². The Hall–Kier alpha value is -0.650. The van der Waals surface area contributed by atoms with E-state index in [0.29, 0.717) is 13.2 Å². The van der Waals surface area contributed by atoms with Crippen molar-refractivity contribution in [2.75, 3.05) is 20.3 Å². The number of methoxy groups -OCH3 is 1. The highest BCUT2D eigenvalue weighted by Gasteiger charge is 2.44. The first-order valence-electron chi connectivity index (χ1n) is 4.06. The maximum atomic E-state index is 11.0. The number of hydrogen-bond donors (Lipinski definition) is 2. The largest absolute Gasteiger partial charge is 0.433 e. The van der Waals surface area contributed by atoms with E-state index in [9.17, 15) is 4.79 Å². The standard InChI is InChI=1S/C7H15N3O2/c1-12-5-6-3-2-4-10(6,9)7(8)11/h6H,2-5,9H2,1H3,(H-,8,11)/p+1/t6-,10?/m1/s1. The van der Waals surface area contributed by atoms with Gasteiger partial charge < -0.3 is 10.5 Å². The highest BCUT2D eigenvalue weighted by Crippen LogP contribution is 2.22. The van der Waals surface area contributed by atoms with Crippen molar-refractivity contribution in [2.24, 2.45) is 11.6 Å². The quantitative estimate of drug-likeness (QED) is 0.338. The molecular formula is C7H16N3O2+. The van der Waals surface area contributed by atoms with Crippen LogP contribution in [0.4, 0.5) is 4.79 Å². The predicted octanol–water partition coefficient (Wildman–Crippen LogP) is -0.436. The Morgan fingerprint density at radius 2 is 2.42 bits per heavy atom. The number of hydrogen-bond acceptors (Lipinski definition) is 3. The van der Waals surface area contributed by atoms with Gasteiger partial charge in [0.25, 0.3) is 0 Å². The van der Waals surface area contributed by atoms with E-state index in [4.69, 9.17) is 16.3 Å². The van der Waals surface area contributed by atoms with Crippen LogP contribution >= 0.6 is 0 Å². The zero-order valence-corrected chi connectivity index (χ0v) is 7.32. The summed E-state index contributed by atoms with van der Waals surface area (Å²) in [6.45, 7) is 1.13. The lowest BCUT2D eigenvalue weighted by Crippen LogP contribution is -2.64. The number of carbonyl (C=O) groups excluding carboxylic acids is 1. The number of urea groups is 1. The van der Waals surface area contributed by atoms with Crippen LogP contribution in [0.2, 0.25) is 0 Å². The van der Waals surface area contributed by atoms with Gasteiger partial charge in [0.05, 0.1) is 0 Å². The summed E-state index contributed by atoms with van der Waals surface area (Å²) in [7, 11) is 1.60. The maximum Gasteiger partial charge on any atom is 0.433 e. The van der Waals surface area contributed by atoms with Gasteiger partial charge in [-0.25, -0.2) is 4.79 Å². The van der Waals surface area contributed by atoms with Gasteiger partial charge in [-0.1, -0.05) is 0 Å². The number of carbonyl (C=O) groups is 1. The number of nitrogens with two attached hydrogens (primary N) is 2. The Morgan fingerprint density at radius 3 is 2.92 bits per heavy atom. The van der Waals surface area contributed by atoms with Crippen molar-refractivity contribution in [2.45, 2.75) is 18.9 Å². The topological polar surface area (TPSA) is 78.3 Å². The molecule has 1 unspecified atom stereocenters. The van der Waals surface area contributed by atoms with Crippen LogP contribution in [-0.4, -0.2) is 36.9 Å². The van der Waals surface area contributed by atoms with Crippen LogP contribution in [0.15, 0.2) is 0 Å². The highest BCUT2D eigenvalue weighted by atomic mass is 16.5. The summed E-state index contributed by atoms with van der Waals surface area (Å²) >= 11 is 0. The normalized spacial score (nSPS) is 35.3. The van der Waals surface area contributed by atoms with Crippen molar-refractivity contribution in [1.82, 2.24) is 0 Å². The Labute approximate surface area is 71.8 Å². The molecule has 0 aromatic carbocycles. The molecule has 1 fully saturated rings. The van der Waals surface area contributed by atoms with Gasteiger partial charge in [0.15, 0.2) is 0 Å². The minimum absolute atomic E-state index is 0.0347. The van der Waals surface area contributed by atoms with E-state index >= 15 is 0 Å². The van der Waals surface area contributed by atoms with Gasteiger partial charge in [0, 0.05) is 20.0 Å². The predicted molar refractivity (Wildman–Crippen MR) is 43.8 cm³/mol. The van der Waals surface area contributed by atoms with Crippen molar-refractivity contribution in [3.63, 3.8) is 0 Å². The first-order valence-corrected chi connectivity index (χ1v) is 4.06. The van der Waals surface area contributed by atoms with E-state index in [1.807, 2.05) is 0 Å². The van der Waals surface area contributed by atoms with Crippen molar-refractivity contribution in [3.05, 3.63) is 0 Å². The average Bonchev–Trinajstić information content (AvgIpc) is 2.35. The van der Waals surface area contributed by atoms with E-state index in [-0.39, 0.29) is 10.6 Å². The van der Waals surface area contributed by atoms with Crippen LogP contribution in [0.25, 0.3) is 0 Å². The van der Waals surface area contributed by atoms with Gasteiger partial charge in [-0.3, -0.25) is 0 Å².